The van der Waals surface area contributed by atoms with Crippen molar-refractivity contribution < 1.29 is 9.05 Å². The summed E-state index contributed by atoms with van der Waals surface area (Å²) in [5.41, 5.74) is 2.30. The Bertz CT molecular complexity index is 1150. The van der Waals surface area contributed by atoms with Gasteiger partial charge in [-0.15, -0.1) is 0 Å². The monoisotopic (exact) mass is 506 g/mol. The first-order chi connectivity index (χ1) is 17.9. The van der Waals surface area contributed by atoms with Gasteiger partial charge in [0.1, 0.15) is 0 Å². The first kappa shape index (κ1) is 24.6. The van der Waals surface area contributed by atoms with Gasteiger partial charge in [-0.1, -0.05) is 146 Å². The zero-order valence-electron chi connectivity index (χ0n) is 20.0. The highest BCUT2D eigenvalue weighted by molar-refractivity contribution is 7.68. The molecule has 0 aliphatic rings. The van der Waals surface area contributed by atoms with Crippen LogP contribution < -0.4 is 21.2 Å². The lowest BCUT2D eigenvalue weighted by atomic mass is 10.1. The quantitative estimate of drug-likeness (QED) is 0.194. The fraction of sp³-hybridized carbons (Fsp3) is 0.0625. The molecule has 2 nitrogen and oxygen atoms in total. The van der Waals surface area contributed by atoms with Crippen LogP contribution in [0.1, 0.15) is 11.1 Å². The first-order valence-electron chi connectivity index (χ1n) is 12.0. The van der Waals surface area contributed by atoms with Crippen LogP contribution in [0.3, 0.4) is 0 Å². The number of hydrogen-bond donors (Lipinski definition) is 0. The average molecular weight is 507 g/mol. The molecule has 0 aliphatic heterocycles. The second kappa shape index (κ2) is 12.7. The van der Waals surface area contributed by atoms with Crippen LogP contribution in [0.2, 0.25) is 0 Å². The van der Waals surface area contributed by atoms with Gasteiger partial charge in [0.2, 0.25) is 0 Å². The molecule has 0 spiro atoms. The average Bonchev–Trinajstić information content (AvgIpc) is 2.96. The maximum absolute atomic E-state index is 6.55. The van der Waals surface area contributed by atoms with Gasteiger partial charge in [0, 0.05) is 21.2 Å². The van der Waals surface area contributed by atoms with Crippen molar-refractivity contribution in [2.45, 2.75) is 13.2 Å². The van der Waals surface area contributed by atoms with Crippen LogP contribution in [0, 0.1) is 0 Å². The molecule has 0 unspecified atom stereocenters. The predicted octanol–water partition coefficient (Wildman–Crippen LogP) is 6.82. The molecule has 0 aromatic heterocycles. The summed E-state index contributed by atoms with van der Waals surface area (Å²) in [7, 11) is -1.78. The molecule has 0 radical (unpaired) electrons. The molecule has 5 rings (SSSR count). The molecule has 36 heavy (non-hydrogen) atoms. The third-order valence-electron chi connectivity index (χ3n) is 5.67. The van der Waals surface area contributed by atoms with E-state index < -0.39 is 16.3 Å². The third kappa shape index (κ3) is 6.55. The van der Waals surface area contributed by atoms with Crippen LogP contribution in [0.4, 0.5) is 0 Å². The molecule has 0 atom stereocenters. The number of hydrogen-bond acceptors (Lipinski definition) is 2. The van der Waals surface area contributed by atoms with Crippen molar-refractivity contribution in [1.29, 1.82) is 0 Å². The van der Waals surface area contributed by atoms with E-state index in [-0.39, 0.29) is 0 Å². The number of rotatable bonds is 10. The lowest BCUT2D eigenvalue weighted by Crippen LogP contribution is -2.14. The minimum atomic E-state index is -0.891. The molecule has 0 aliphatic carbocycles. The Morgan fingerprint density at radius 3 is 0.972 bits per heavy atom. The molecule has 5 aromatic rings. The Balaban J connectivity index is 1.30. The van der Waals surface area contributed by atoms with Gasteiger partial charge in [-0.2, -0.15) is 0 Å². The fourth-order valence-electron chi connectivity index (χ4n) is 3.94. The summed E-state index contributed by atoms with van der Waals surface area (Å²) in [6.45, 7) is 1.10. The second-order valence-corrected chi connectivity index (χ2v) is 12.1. The number of benzene rings is 5. The second-order valence-electron chi connectivity index (χ2n) is 8.30. The summed E-state index contributed by atoms with van der Waals surface area (Å²) in [4.78, 5) is 0. The van der Waals surface area contributed by atoms with E-state index >= 15 is 0 Å². The molecule has 0 heterocycles. The van der Waals surface area contributed by atoms with E-state index in [2.05, 4.69) is 121 Å². The Kier molecular flexibility index (Phi) is 8.68. The van der Waals surface area contributed by atoms with Gasteiger partial charge in [-0.25, -0.2) is 0 Å². The molecule has 0 N–H and O–H groups in total. The molecule has 0 bridgehead atoms. The molecule has 0 amide bonds. The Morgan fingerprint density at radius 2 is 0.667 bits per heavy atom. The molecule has 0 saturated carbocycles. The van der Waals surface area contributed by atoms with Crippen molar-refractivity contribution in [3.63, 3.8) is 0 Å². The summed E-state index contributed by atoms with van der Waals surface area (Å²) in [6, 6.07) is 50.6. The van der Waals surface area contributed by atoms with Gasteiger partial charge in [-0.3, -0.25) is 0 Å². The summed E-state index contributed by atoms with van der Waals surface area (Å²) in [5.74, 6) is 0. The third-order valence-corrected chi connectivity index (χ3v) is 9.52. The zero-order valence-corrected chi connectivity index (χ0v) is 21.8. The Hall–Kier alpha value is -3.12. The van der Waals surface area contributed by atoms with Gasteiger partial charge in [0.25, 0.3) is 0 Å². The van der Waals surface area contributed by atoms with Gasteiger partial charge in [-0.05, 0) is 11.1 Å². The SMILES string of the molecule is c1ccc(P(OCc2cccc(COP(c3ccccc3)c3ccccc3)c2)c2ccccc2)cc1. The zero-order chi connectivity index (χ0) is 24.4. The van der Waals surface area contributed by atoms with Crippen molar-refractivity contribution in [3.8, 4) is 0 Å². The van der Waals surface area contributed by atoms with Crippen LogP contribution in [-0.4, -0.2) is 0 Å². The summed E-state index contributed by atoms with van der Waals surface area (Å²) >= 11 is 0. The highest BCUT2D eigenvalue weighted by atomic mass is 31.1. The lowest BCUT2D eigenvalue weighted by Gasteiger charge is -2.20. The van der Waals surface area contributed by atoms with E-state index in [1.165, 1.54) is 21.2 Å². The van der Waals surface area contributed by atoms with Crippen LogP contribution >= 0.6 is 16.3 Å². The lowest BCUT2D eigenvalue weighted by molar-refractivity contribution is 0.343. The van der Waals surface area contributed by atoms with Crippen molar-refractivity contribution >= 4 is 37.5 Å². The molecule has 178 valence electrons. The maximum atomic E-state index is 6.55. The molecule has 4 heteroatoms. The van der Waals surface area contributed by atoms with Crippen molar-refractivity contribution in [2.24, 2.45) is 0 Å². The Labute approximate surface area is 216 Å². The van der Waals surface area contributed by atoms with E-state index in [4.69, 9.17) is 9.05 Å². The summed E-state index contributed by atoms with van der Waals surface area (Å²) in [5, 5.41) is 4.87. The van der Waals surface area contributed by atoms with Crippen molar-refractivity contribution in [2.75, 3.05) is 0 Å². The van der Waals surface area contributed by atoms with E-state index in [0.29, 0.717) is 13.2 Å². The maximum Gasteiger partial charge on any atom is 0.0922 e. The molecule has 0 saturated heterocycles. The van der Waals surface area contributed by atoms with E-state index in [9.17, 15) is 0 Å². The van der Waals surface area contributed by atoms with Gasteiger partial charge in [0.05, 0.1) is 29.5 Å². The fourth-order valence-corrected chi connectivity index (χ4v) is 7.46. The van der Waals surface area contributed by atoms with Gasteiger partial charge < -0.3 is 9.05 Å². The molecular formula is C32H28O2P2. The first-order valence-corrected chi connectivity index (χ1v) is 14.5. The van der Waals surface area contributed by atoms with E-state index in [1.54, 1.807) is 0 Å². The van der Waals surface area contributed by atoms with Crippen molar-refractivity contribution in [3.05, 3.63) is 157 Å². The normalized spacial score (nSPS) is 11.2. The van der Waals surface area contributed by atoms with Gasteiger partial charge >= 0.3 is 0 Å². The standard InChI is InChI=1S/C32H28O2P2/c1-5-16-29(17-6-1)35(30-18-7-2-8-19-30)33-25-27-14-13-15-28(24-27)26-34-36(31-20-9-3-10-21-31)32-22-11-4-12-23-32/h1-24H,25-26H2. The minimum absolute atomic E-state index is 0.551. The molecule has 0 fully saturated rings. The smallest absolute Gasteiger partial charge is 0.0922 e. The van der Waals surface area contributed by atoms with E-state index in [0.717, 1.165) is 11.1 Å². The summed E-state index contributed by atoms with van der Waals surface area (Å²) in [6.07, 6.45) is 0. The molecular weight excluding hydrogens is 478 g/mol. The van der Waals surface area contributed by atoms with Crippen LogP contribution in [0.25, 0.3) is 0 Å². The Morgan fingerprint density at radius 1 is 0.361 bits per heavy atom. The largest absolute Gasteiger partial charge is 0.345 e. The highest BCUT2D eigenvalue weighted by Gasteiger charge is 2.17. The predicted molar refractivity (Wildman–Crippen MR) is 154 cm³/mol. The van der Waals surface area contributed by atoms with Crippen molar-refractivity contribution in [1.82, 2.24) is 0 Å². The van der Waals surface area contributed by atoms with E-state index in [1.807, 2.05) is 24.3 Å². The topological polar surface area (TPSA) is 18.5 Å². The van der Waals surface area contributed by atoms with Crippen LogP contribution in [0.15, 0.2) is 146 Å². The highest BCUT2D eigenvalue weighted by Crippen LogP contribution is 2.37. The molecule has 5 aromatic carbocycles. The van der Waals surface area contributed by atoms with Crippen LogP contribution in [0.5, 0.6) is 0 Å². The summed E-state index contributed by atoms with van der Waals surface area (Å²) < 4.78 is 13.1. The van der Waals surface area contributed by atoms with Gasteiger partial charge in [0.15, 0.2) is 0 Å². The minimum Gasteiger partial charge on any atom is -0.345 e. The van der Waals surface area contributed by atoms with Crippen LogP contribution in [-0.2, 0) is 22.3 Å².